The van der Waals surface area contributed by atoms with E-state index in [4.69, 9.17) is 0 Å². The molecule has 1 nitrogen and oxygen atoms in total. The van der Waals surface area contributed by atoms with Gasteiger partial charge in [0.2, 0.25) is 0 Å². The van der Waals surface area contributed by atoms with Crippen LogP contribution in [0.2, 0.25) is 0 Å². The predicted molar refractivity (Wildman–Crippen MR) is 53.4 cm³/mol. The molecule has 0 amide bonds. The Morgan fingerprint density at radius 3 is 2.86 bits per heavy atom. The van der Waals surface area contributed by atoms with Crippen LogP contribution < -0.4 is 0 Å². The fourth-order valence-corrected chi connectivity index (χ4v) is 1.67. The molecule has 0 heterocycles. The maximum Gasteiger partial charge on any atom is 0.155 e. The average molecular weight is 190 g/mol. The Labute approximate surface area is 82.3 Å². The molecule has 0 fully saturated rings. The van der Waals surface area contributed by atoms with E-state index in [0.29, 0.717) is 6.42 Å². The van der Waals surface area contributed by atoms with Crippen LogP contribution in [-0.4, -0.2) is 5.78 Å². The first kappa shape index (κ1) is 9.13. The Bertz CT molecular complexity index is 393. The summed E-state index contributed by atoms with van der Waals surface area (Å²) in [5, 5.41) is 0. The van der Waals surface area contributed by atoms with Gasteiger partial charge in [-0.2, -0.15) is 0 Å². The van der Waals surface area contributed by atoms with Gasteiger partial charge in [-0.3, -0.25) is 4.79 Å². The van der Waals surface area contributed by atoms with Gasteiger partial charge in [0.05, 0.1) is 0 Å². The molecule has 72 valence electrons. The quantitative estimate of drug-likeness (QED) is 0.614. The van der Waals surface area contributed by atoms with Crippen molar-refractivity contribution in [2.24, 2.45) is 0 Å². The minimum absolute atomic E-state index is 0.153. The van der Waals surface area contributed by atoms with Crippen molar-refractivity contribution in [3.05, 3.63) is 41.2 Å². The lowest BCUT2D eigenvalue weighted by molar-refractivity contribution is -0.114. The van der Waals surface area contributed by atoms with Crippen LogP contribution in [0, 0.1) is 5.82 Å². The first-order valence-corrected chi connectivity index (χ1v) is 4.75. The molecular weight excluding hydrogens is 179 g/mol. The van der Waals surface area contributed by atoms with E-state index in [9.17, 15) is 9.18 Å². The summed E-state index contributed by atoms with van der Waals surface area (Å²) in [6.45, 7) is 0. The number of rotatable bonds is 0. The van der Waals surface area contributed by atoms with Crippen LogP contribution in [0.3, 0.4) is 0 Å². The molecular formula is C12H11FO. The van der Waals surface area contributed by atoms with Crippen LogP contribution in [0.5, 0.6) is 0 Å². The van der Waals surface area contributed by atoms with E-state index in [1.165, 1.54) is 6.07 Å². The molecule has 0 N–H and O–H groups in total. The molecule has 1 aliphatic rings. The van der Waals surface area contributed by atoms with Gasteiger partial charge in [-0.05, 0) is 42.2 Å². The molecule has 0 bridgehead atoms. The van der Waals surface area contributed by atoms with Gasteiger partial charge in [0, 0.05) is 6.42 Å². The third-order valence-electron chi connectivity index (χ3n) is 2.42. The van der Waals surface area contributed by atoms with E-state index in [1.54, 1.807) is 24.3 Å². The largest absolute Gasteiger partial charge is 0.295 e. The molecule has 0 radical (unpaired) electrons. The average Bonchev–Trinajstić information content (AvgIpc) is 2.13. The summed E-state index contributed by atoms with van der Waals surface area (Å²) in [6, 6.07) is 4.70. The van der Waals surface area contributed by atoms with Gasteiger partial charge in [0.1, 0.15) is 5.82 Å². The summed E-state index contributed by atoms with van der Waals surface area (Å²) in [4.78, 5) is 11.2. The number of carbonyl (C=O) groups is 1. The van der Waals surface area contributed by atoms with Crippen molar-refractivity contribution in [2.45, 2.75) is 19.3 Å². The van der Waals surface area contributed by atoms with Gasteiger partial charge in [-0.15, -0.1) is 0 Å². The molecule has 0 atom stereocenters. The summed E-state index contributed by atoms with van der Waals surface area (Å²) < 4.78 is 12.9. The molecule has 0 saturated carbocycles. The Hall–Kier alpha value is -1.44. The van der Waals surface area contributed by atoms with Gasteiger partial charge >= 0.3 is 0 Å². The third kappa shape index (κ3) is 1.90. The number of allylic oxidation sites excluding steroid dienone is 1. The van der Waals surface area contributed by atoms with E-state index in [2.05, 4.69) is 0 Å². The molecule has 1 aromatic carbocycles. The van der Waals surface area contributed by atoms with Gasteiger partial charge in [-0.1, -0.05) is 12.1 Å². The van der Waals surface area contributed by atoms with Crippen molar-refractivity contribution in [3.8, 4) is 0 Å². The lowest BCUT2D eigenvalue weighted by Crippen LogP contribution is -2.00. The number of hydrogen-bond donors (Lipinski definition) is 0. The number of hydrogen-bond acceptors (Lipinski definition) is 1. The second kappa shape index (κ2) is 3.74. The number of halogens is 1. The second-order valence-electron chi connectivity index (χ2n) is 3.50. The molecule has 0 aliphatic heterocycles. The fourth-order valence-electron chi connectivity index (χ4n) is 1.67. The zero-order valence-electron chi connectivity index (χ0n) is 7.79. The number of fused-ring (bicyclic) bond motifs is 1. The number of aryl methyl sites for hydroxylation is 1. The highest BCUT2D eigenvalue weighted by molar-refractivity contribution is 5.94. The first-order valence-electron chi connectivity index (χ1n) is 4.75. The maximum absolute atomic E-state index is 12.9. The van der Waals surface area contributed by atoms with E-state index in [1.807, 2.05) is 0 Å². The predicted octanol–water partition coefficient (Wildman–Crippen LogP) is 2.74. The summed E-state index contributed by atoms with van der Waals surface area (Å²) in [5.74, 6) is -0.0518. The summed E-state index contributed by atoms with van der Waals surface area (Å²) in [5.41, 5.74) is 1.95. The number of ketones is 1. The normalized spacial score (nSPS) is 18.2. The van der Waals surface area contributed by atoms with E-state index < -0.39 is 0 Å². The van der Waals surface area contributed by atoms with Crippen LogP contribution in [0.15, 0.2) is 24.3 Å². The molecule has 14 heavy (non-hydrogen) atoms. The van der Waals surface area contributed by atoms with Crippen molar-refractivity contribution in [2.75, 3.05) is 0 Å². The third-order valence-corrected chi connectivity index (χ3v) is 2.42. The summed E-state index contributed by atoms with van der Waals surface area (Å²) >= 11 is 0. The van der Waals surface area contributed by atoms with E-state index in [-0.39, 0.29) is 11.6 Å². The van der Waals surface area contributed by atoms with Crippen LogP contribution in [0.4, 0.5) is 4.39 Å². The van der Waals surface area contributed by atoms with E-state index in [0.717, 1.165) is 24.0 Å². The summed E-state index contributed by atoms with van der Waals surface area (Å²) in [7, 11) is 0. The van der Waals surface area contributed by atoms with Crippen molar-refractivity contribution in [1.82, 2.24) is 0 Å². The molecule has 1 aliphatic carbocycles. The lowest BCUT2D eigenvalue weighted by atomic mass is 9.97. The van der Waals surface area contributed by atoms with Crippen molar-refractivity contribution in [1.29, 1.82) is 0 Å². The highest BCUT2D eigenvalue weighted by Crippen LogP contribution is 2.18. The molecule has 0 unspecified atom stereocenters. The van der Waals surface area contributed by atoms with Crippen molar-refractivity contribution >= 4 is 11.9 Å². The zero-order valence-corrected chi connectivity index (χ0v) is 7.79. The molecule has 0 spiro atoms. The van der Waals surface area contributed by atoms with E-state index >= 15 is 0 Å². The van der Waals surface area contributed by atoms with Crippen LogP contribution >= 0.6 is 0 Å². The van der Waals surface area contributed by atoms with Gasteiger partial charge in [-0.25, -0.2) is 4.39 Å². The molecule has 0 saturated heterocycles. The van der Waals surface area contributed by atoms with Gasteiger partial charge in [0.25, 0.3) is 0 Å². The molecule has 0 aromatic heterocycles. The standard InChI is InChI=1S/C12H11FO/c13-11-6-4-9-5-7-12(14)3-1-2-10(9)8-11/h4-8H,1-3H2/b7-5-. The first-order chi connectivity index (χ1) is 6.75. The highest BCUT2D eigenvalue weighted by atomic mass is 19.1. The summed E-state index contributed by atoms with van der Waals surface area (Å²) in [6.07, 6.45) is 5.50. The molecule has 1 aromatic rings. The van der Waals surface area contributed by atoms with Crippen LogP contribution in [-0.2, 0) is 11.2 Å². The maximum atomic E-state index is 12.9. The Morgan fingerprint density at radius 2 is 2.00 bits per heavy atom. The number of carbonyl (C=O) groups excluding carboxylic acids is 1. The molecule has 2 heteroatoms. The lowest BCUT2D eigenvalue weighted by Gasteiger charge is -2.08. The van der Waals surface area contributed by atoms with Gasteiger partial charge < -0.3 is 0 Å². The minimum Gasteiger partial charge on any atom is -0.295 e. The van der Waals surface area contributed by atoms with Gasteiger partial charge in [0.15, 0.2) is 5.78 Å². The monoisotopic (exact) mass is 190 g/mol. The van der Waals surface area contributed by atoms with Crippen LogP contribution in [0.1, 0.15) is 24.0 Å². The smallest absolute Gasteiger partial charge is 0.155 e. The zero-order chi connectivity index (χ0) is 9.97. The van der Waals surface area contributed by atoms with Crippen molar-refractivity contribution < 1.29 is 9.18 Å². The second-order valence-corrected chi connectivity index (χ2v) is 3.50. The molecule has 2 rings (SSSR count). The Kier molecular flexibility index (Phi) is 2.44. The minimum atomic E-state index is -0.205. The Balaban J connectivity index is 2.42. The van der Waals surface area contributed by atoms with Crippen molar-refractivity contribution in [3.63, 3.8) is 0 Å². The number of benzene rings is 1. The SMILES string of the molecule is O=C1/C=C\c2ccc(F)cc2CCC1. The highest BCUT2D eigenvalue weighted by Gasteiger charge is 2.07. The topological polar surface area (TPSA) is 17.1 Å². The Morgan fingerprint density at radius 1 is 1.14 bits per heavy atom. The fraction of sp³-hybridized carbons (Fsp3) is 0.250. The van der Waals surface area contributed by atoms with Crippen LogP contribution in [0.25, 0.3) is 6.08 Å².